The highest BCUT2D eigenvalue weighted by Crippen LogP contribution is 2.37. The van der Waals surface area contributed by atoms with Crippen LogP contribution in [0.25, 0.3) is 10.4 Å². The molecule has 3 aromatic carbocycles. The van der Waals surface area contributed by atoms with Crippen LogP contribution in [0.4, 0.5) is 0 Å². The molecule has 0 fully saturated rings. The Kier molecular flexibility index (Phi) is 5.93. The fraction of sp³-hybridized carbons (Fsp3) is 0.120. The highest BCUT2D eigenvalue weighted by molar-refractivity contribution is 7.96. The summed E-state index contributed by atoms with van der Waals surface area (Å²) in [5.41, 5.74) is 9.37. The van der Waals surface area contributed by atoms with Crippen LogP contribution >= 0.6 is 0 Å². The third-order valence-corrected chi connectivity index (χ3v) is 7.13. The fourth-order valence-corrected chi connectivity index (χ4v) is 5.05. The minimum absolute atomic E-state index is 0.0507. The van der Waals surface area contributed by atoms with Gasteiger partial charge in [-0.3, -0.25) is 8.98 Å². The van der Waals surface area contributed by atoms with E-state index in [1.54, 1.807) is 43.3 Å². The number of ketones is 1. The van der Waals surface area contributed by atoms with Crippen molar-refractivity contribution < 1.29 is 32.4 Å². The van der Waals surface area contributed by atoms with Gasteiger partial charge in [-0.25, -0.2) is 0 Å². The lowest BCUT2D eigenvalue weighted by Gasteiger charge is -2.31. The lowest BCUT2D eigenvalue weighted by atomic mass is 9.77. The molecule has 3 aromatic rings. The predicted octanol–water partition coefficient (Wildman–Crippen LogP) is 3.66. The maximum Gasteiger partial charge on any atom is 0.364 e. The first-order valence-corrected chi connectivity index (χ1v) is 11.6. The van der Waals surface area contributed by atoms with Crippen LogP contribution in [-0.2, 0) is 19.7 Å². The van der Waals surface area contributed by atoms with Crippen molar-refractivity contribution in [3.63, 3.8) is 0 Å². The summed E-state index contributed by atoms with van der Waals surface area (Å²) < 4.78 is 32.2. The van der Waals surface area contributed by atoms with Crippen molar-refractivity contribution in [1.29, 1.82) is 0 Å². The molecule has 0 aromatic heterocycles. The van der Waals surface area contributed by atoms with E-state index in [2.05, 4.69) is 4.79 Å². The number of carbonyl (C=O) groups excluding carboxylic acids is 1. The Bertz CT molecular complexity index is 1410. The van der Waals surface area contributed by atoms with Gasteiger partial charge in [-0.2, -0.15) is 13.2 Å². The molecule has 8 nitrogen and oxygen atoms in total. The third-order valence-electron chi connectivity index (χ3n) is 5.83. The Labute approximate surface area is 196 Å². The number of benzene rings is 3. The topological polar surface area (TPSA) is 137 Å². The summed E-state index contributed by atoms with van der Waals surface area (Å²) in [6.45, 7) is 1.44. The van der Waals surface area contributed by atoms with Gasteiger partial charge in [0, 0.05) is 16.5 Å². The maximum absolute atomic E-state index is 13.3. The number of hydrogen-bond acceptors (Lipinski definition) is 6. The average Bonchev–Trinajstić information content (AvgIpc) is 2.84. The number of allylic oxidation sites excluding steroid dienone is 1. The molecule has 1 aliphatic carbocycles. The summed E-state index contributed by atoms with van der Waals surface area (Å²) in [6.07, 6.45) is 0.985. The molecule has 0 aliphatic heterocycles. The van der Waals surface area contributed by atoms with Gasteiger partial charge in [0.1, 0.15) is 16.4 Å². The Morgan fingerprint density at radius 1 is 0.882 bits per heavy atom. The first kappa shape index (κ1) is 23.1. The average molecular weight is 477 g/mol. The van der Waals surface area contributed by atoms with Gasteiger partial charge < -0.3 is 15.7 Å². The molecule has 9 heteroatoms. The van der Waals surface area contributed by atoms with Gasteiger partial charge in [-0.15, -0.1) is 0 Å². The molecule has 34 heavy (non-hydrogen) atoms. The largest absolute Gasteiger partial charge is 0.508 e. The number of carbonyl (C=O) groups is 1. The van der Waals surface area contributed by atoms with Crippen LogP contribution in [-0.4, -0.2) is 41.5 Å². The van der Waals surface area contributed by atoms with E-state index in [4.69, 9.17) is 4.18 Å². The highest BCUT2D eigenvalue weighted by atomic mass is 32.2. The van der Waals surface area contributed by atoms with Crippen LogP contribution in [0, 0.1) is 0 Å². The van der Waals surface area contributed by atoms with Crippen LogP contribution in [0.2, 0.25) is 0 Å². The second-order valence-corrected chi connectivity index (χ2v) is 9.59. The van der Waals surface area contributed by atoms with Crippen LogP contribution in [0.3, 0.4) is 0 Å². The van der Waals surface area contributed by atoms with Crippen LogP contribution in [0.1, 0.15) is 34.0 Å². The molecule has 4 rings (SSSR count). The monoisotopic (exact) mass is 476 g/mol. The molecule has 0 saturated carbocycles. The fourth-order valence-electron chi connectivity index (χ4n) is 3.83. The molecule has 0 spiro atoms. The summed E-state index contributed by atoms with van der Waals surface area (Å²) in [5.74, 6) is -0.500. The summed E-state index contributed by atoms with van der Waals surface area (Å²) in [7, 11) is -4.41. The lowest BCUT2D eigenvalue weighted by Crippen LogP contribution is -2.32. The predicted molar refractivity (Wildman–Crippen MR) is 125 cm³/mol. The molecule has 1 aliphatic rings. The summed E-state index contributed by atoms with van der Waals surface area (Å²) in [6, 6.07) is 18.7. The number of rotatable bonds is 6. The minimum Gasteiger partial charge on any atom is -0.508 e. The lowest BCUT2D eigenvalue weighted by molar-refractivity contribution is -0.00438. The number of hydrogen-bond donors (Lipinski definition) is 2. The van der Waals surface area contributed by atoms with Crippen molar-refractivity contribution in [3.05, 3.63) is 107 Å². The molecular weight excluding hydrogens is 456 g/mol. The van der Waals surface area contributed by atoms with Crippen molar-refractivity contribution in [3.8, 4) is 11.5 Å². The SMILES string of the molecule is CC(COS(=O)(=O)C1=CC(=[N+]=[N-])C(=O)c2ccccc21)(c1ccc(O)cc1)c1ccc(O)cc1. The second-order valence-electron chi connectivity index (χ2n) is 8.01. The van der Waals surface area contributed by atoms with E-state index in [1.807, 2.05) is 0 Å². The molecule has 0 bridgehead atoms. The maximum atomic E-state index is 13.3. The number of aromatic hydroxyl groups is 2. The van der Waals surface area contributed by atoms with E-state index in [0.29, 0.717) is 11.1 Å². The summed E-state index contributed by atoms with van der Waals surface area (Å²) in [5, 5.41) is 19.4. The number of fused-ring (bicyclic) bond motifs is 1. The van der Waals surface area contributed by atoms with Gasteiger partial charge in [0.05, 0.1) is 12.7 Å². The normalized spacial score (nSPS) is 13.7. The molecule has 0 radical (unpaired) electrons. The van der Waals surface area contributed by atoms with Crippen molar-refractivity contribution in [1.82, 2.24) is 0 Å². The van der Waals surface area contributed by atoms with Crippen molar-refractivity contribution >= 4 is 26.5 Å². The van der Waals surface area contributed by atoms with Crippen molar-refractivity contribution in [2.45, 2.75) is 12.3 Å². The number of phenols is 2. The first-order valence-electron chi connectivity index (χ1n) is 10.2. The van der Waals surface area contributed by atoms with E-state index in [-0.39, 0.29) is 34.1 Å². The zero-order chi connectivity index (χ0) is 24.5. The Morgan fingerprint density at radius 2 is 1.38 bits per heavy atom. The van der Waals surface area contributed by atoms with Gasteiger partial charge in [-0.05, 0) is 42.3 Å². The van der Waals surface area contributed by atoms with Crippen LogP contribution in [0.15, 0.2) is 78.9 Å². The molecule has 0 saturated heterocycles. The van der Waals surface area contributed by atoms with Gasteiger partial charge in [-0.1, -0.05) is 48.5 Å². The summed E-state index contributed by atoms with van der Waals surface area (Å²) in [4.78, 5) is 15.1. The molecular formula is C25H20N2O6S. The van der Waals surface area contributed by atoms with Gasteiger partial charge in [0.15, 0.2) is 0 Å². The minimum atomic E-state index is -4.41. The Morgan fingerprint density at radius 3 is 1.88 bits per heavy atom. The second kappa shape index (κ2) is 8.72. The van der Waals surface area contributed by atoms with E-state index in [1.165, 1.54) is 36.4 Å². The van der Waals surface area contributed by atoms with Crippen LogP contribution in [0.5, 0.6) is 11.5 Å². The number of Topliss-reactive ketones (excluding diaryl/α,β-unsaturated/α-hetero) is 1. The molecule has 172 valence electrons. The van der Waals surface area contributed by atoms with Crippen LogP contribution < -0.4 is 0 Å². The standard InChI is InChI=1S/C25H20N2O6S/c1-25(16-6-10-18(28)11-7-16,17-8-12-19(29)13-9-17)15-33-34(31,32)23-14-22(27-26)24(30)21-5-3-2-4-20(21)23/h2-14,28-29H,15H2,1H3. The molecule has 0 unspecified atom stereocenters. The van der Waals surface area contributed by atoms with Gasteiger partial charge >= 0.3 is 5.71 Å². The third kappa shape index (κ3) is 4.15. The van der Waals surface area contributed by atoms with Gasteiger partial charge in [0.25, 0.3) is 15.9 Å². The summed E-state index contributed by atoms with van der Waals surface area (Å²) >= 11 is 0. The van der Waals surface area contributed by atoms with Gasteiger partial charge in [0.2, 0.25) is 0 Å². The molecule has 0 amide bonds. The zero-order valence-electron chi connectivity index (χ0n) is 18.0. The van der Waals surface area contributed by atoms with E-state index in [0.717, 1.165) is 6.08 Å². The van der Waals surface area contributed by atoms with E-state index in [9.17, 15) is 29.0 Å². The zero-order valence-corrected chi connectivity index (χ0v) is 18.9. The number of nitrogens with zero attached hydrogens (tertiary/aromatic N) is 2. The number of phenolic OH excluding ortho intramolecular Hbond substituents is 2. The highest BCUT2D eigenvalue weighted by Gasteiger charge is 2.38. The smallest absolute Gasteiger partial charge is 0.364 e. The molecule has 0 heterocycles. The van der Waals surface area contributed by atoms with E-state index < -0.39 is 27.0 Å². The Balaban J connectivity index is 1.75. The molecule has 2 N–H and O–H groups in total. The quantitative estimate of drug-likeness (QED) is 0.316. The van der Waals surface area contributed by atoms with E-state index >= 15 is 0 Å². The molecule has 0 atom stereocenters. The van der Waals surface area contributed by atoms with Crippen molar-refractivity contribution in [2.24, 2.45) is 0 Å². The first-order chi connectivity index (χ1) is 16.2. The Hall–Kier alpha value is -4.04. The van der Waals surface area contributed by atoms with Crippen molar-refractivity contribution in [2.75, 3.05) is 6.61 Å².